The fourth-order valence-electron chi connectivity index (χ4n) is 6.39. The Balaban J connectivity index is 1.98. The van der Waals surface area contributed by atoms with Crippen molar-refractivity contribution < 1.29 is 23.7 Å². The van der Waals surface area contributed by atoms with E-state index in [0.717, 1.165) is 163 Å². The fourth-order valence-corrected chi connectivity index (χ4v) is 6.39. The van der Waals surface area contributed by atoms with E-state index >= 15 is 0 Å². The topological polar surface area (TPSA) is 46.2 Å². The highest BCUT2D eigenvalue weighted by Crippen LogP contribution is 2.46. The van der Waals surface area contributed by atoms with Crippen molar-refractivity contribution in [3.05, 3.63) is 42.0 Å². The van der Waals surface area contributed by atoms with Gasteiger partial charge in [-0.2, -0.15) is 0 Å². The van der Waals surface area contributed by atoms with Crippen LogP contribution in [-0.4, -0.2) is 33.0 Å². The van der Waals surface area contributed by atoms with Gasteiger partial charge in [0.2, 0.25) is 0 Å². The molecule has 0 fully saturated rings. The lowest BCUT2D eigenvalue weighted by atomic mass is 9.92. The second-order valence-electron chi connectivity index (χ2n) is 13.5. The van der Waals surface area contributed by atoms with Crippen molar-refractivity contribution in [1.82, 2.24) is 0 Å². The van der Waals surface area contributed by atoms with Crippen molar-refractivity contribution >= 4 is 32.3 Å². The molecule has 5 heteroatoms. The summed E-state index contributed by atoms with van der Waals surface area (Å²) >= 11 is 0. The third-order valence-electron chi connectivity index (χ3n) is 9.34. The first kappa shape index (κ1) is 39.0. The van der Waals surface area contributed by atoms with Crippen LogP contribution >= 0.6 is 0 Å². The smallest absolute Gasteiger partial charge is 0.161 e. The zero-order valence-electron chi connectivity index (χ0n) is 31.7. The van der Waals surface area contributed by atoms with E-state index in [9.17, 15) is 0 Å². The van der Waals surface area contributed by atoms with Crippen molar-refractivity contribution in [3.63, 3.8) is 0 Å². The number of ether oxygens (including phenoxy) is 5. The minimum Gasteiger partial charge on any atom is -0.492 e. The van der Waals surface area contributed by atoms with Gasteiger partial charge >= 0.3 is 0 Å². The Morgan fingerprint density at radius 3 is 0.860 bits per heavy atom. The molecule has 272 valence electrons. The highest BCUT2D eigenvalue weighted by atomic mass is 16.5. The predicted octanol–water partition coefficient (Wildman–Crippen LogP) is 13.0. The van der Waals surface area contributed by atoms with Gasteiger partial charge in [-0.15, -0.1) is 6.42 Å². The van der Waals surface area contributed by atoms with E-state index in [0.29, 0.717) is 33.0 Å². The van der Waals surface area contributed by atoms with Crippen LogP contribution in [0.4, 0.5) is 0 Å². The molecular formula is C45H62O5. The monoisotopic (exact) mass is 682 g/mol. The standard InChI is InChI=1S/C45H62O5/c1-7-13-18-23-46-41-29-36-35(28-34(41)12-6)37-30-42(47-24-19-14-8-2)44(49-26-21-16-10-4)32-39(37)40-33-45(50-27-22-17-11-5)43(31-38(36)40)48-25-20-15-9-3/h6,28-33H,7-11,13-27H2,1-5H3. The van der Waals surface area contributed by atoms with E-state index < -0.39 is 0 Å². The van der Waals surface area contributed by atoms with Crippen LogP contribution < -0.4 is 23.7 Å². The molecule has 0 aromatic heterocycles. The summed E-state index contributed by atoms with van der Waals surface area (Å²) in [6.45, 7) is 14.3. The van der Waals surface area contributed by atoms with Crippen molar-refractivity contribution in [3.8, 4) is 41.1 Å². The van der Waals surface area contributed by atoms with Gasteiger partial charge in [0.25, 0.3) is 0 Å². The lowest BCUT2D eigenvalue weighted by Crippen LogP contribution is -2.04. The van der Waals surface area contributed by atoms with E-state index in [1.165, 1.54) is 0 Å². The normalized spacial score (nSPS) is 11.3. The Morgan fingerprint density at radius 1 is 0.360 bits per heavy atom. The summed E-state index contributed by atoms with van der Waals surface area (Å²) in [6, 6.07) is 12.9. The van der Waals surface area contributed by atoms with Gasteiger partial charge in [0, 0.05) is 0 Å². The molecule has 4 rings (SSSR count). The quantitative estimate of drug-likeness (QED) is 0.0395. The minimum atomic E-state index is 0.634. The number of benzene rings is 4. The molecule has 0 heterocycles. The van der Waals surface area contributed by atoms with Crippen molar-refractivity contribution in [2.45, 2.75) is 131 Å². The second-order valence-corrected chi connectivity index (χ2v) is 13.5. The highest BCUT2D eigenvalue weighted by Gasteiger charge is 2.20. The van der Waals surface area contributed by atoms with Gasteiger partial charge in [-0.05, 0) is 101 Å². The summed E-state index contributed by atoms with van der Waals surface area (Å²) < 4.78 is 32.3. The summed E-state index contributed by atoms with van der Waals surface area (Å²) in [4.78, 5) is 0. The molecule has 50 heavy (non-hydrogen) atoms. The van der Waals surface area contributed by atoms with Crippen LogP contribution in [0, 0.1) is 12.3 Å². The third kappa shape index (κ3) is 10.6. The van der Waals surface area contributed by atoms with Gasteiger partial charge in [0.05, 0.1) is 38.6 Å². The van der Waals surface area contributed by atoms with Crippen LogP contribution in [0.5, 0.6) is 28.7 Å². The van der Waals surface area contributed by atoms with Gasteiger partial charge in [0.15, 0.2) is 23.0 Å². The average Bonchev–Trinajstić information content (AvgIpc) is 3.14. The molecular weight excluding hydrogens is 620 g/mol. The molecule has 0 N–H and O–H groups in total. The van der Waals surface area contributed by atoms with E-state index in [1.54, 1.807) is 0 Å². The largest absolute Gasteiger partial charge is 0.492 e. The first-order chi connectivity index (χ1) is 24.6. The maximum absolute atomic E-state index is 6.49. The van der Waals surface area contributed by atoms with Crippen LogP contribution in [-0.2, 0) is 0 Å². The molecule has 0 aliphatic rings. The summed E-state index contributed by atoms with van der Waals surface area (Å²) in [5.41, 5.74) is 0.756. The Kier molecular flexibility index (Phi) is 16.7. The fraction of sp³-hybridized carbons (Fsp3) is 0.556. The minimum absolute atomic E-state index is 0.634. The van der Waals surface area contributed by atoms with E-state index in [4.69, 9.17) is 30.1 Å². The van der Waals surface area contributed by atoms with E-state index in [-0.39, 0.29) is 0 Å². The average molecular weight is 683 g/mol. The van der Waals surface area contributed by atoms with Crippen LogP contribution in [0.3, 0.4) is 0 Å². The summed E-state index contributed by atoms with van der Waals surface area (Å²) in [7, 11) is 0. The number of rotatable bonds is 25. The molecule has 0 unspecified atom stereocenters. The number of hydrogen-bond donors (Lipinski definition) is 0. The molecule has 0 aliphatic heterocycles. The molecule has 5 nitrogen and oxygen atoms in total. The Bertz CT molecular complexity index is 1620. The highest BCUT2D eigenvalue weighted by molar-refractivity contribution is 6.26. The molecule has 0 saturated carbocycles. The van der Waals surface area contributed by atoms with Crippen LogP contribution in [0.2, 0.25) is 0 Å². The third-order valence-corrected chi connectivity index (χ3v) is 9.34. The Hall–Kier alpha value is -3.78. The molecule has 0 amide bonds. The van der Waals surface area contributed by atoms with Gasteiger partial charge in [0.1, 0.15) is 5.75 Å². The van der Waals surface area contributed by atoms with Crippen molar-refractivity contribution in [2.75, 3.05) is 33.0 Å². The lowest BCUT2D eigenvalue weighted by Gasteiger charge is -2.20. The molecule has 0 aliphatic carbocycles. The van der Waals surface area contributed by atoms with Gasteiger partial charge in [-0.1, -0.05) is 105 Å². The Labute approximate surface area is 302 Å². The van der Waals surface area contributed by atoms with Crippen molar-refractivity contribution in [1.29, 1.82) is 0 Å². The molecule has 4 aromatic rings. The summed E-state index contributed by atoms with van der Waals surface area (Å²) in [5.74, 6) is 6.79. The number of terminal acetylenes is 1. The first-order valence-corrected chi connectivity index (χ1v) is 19.8. The maximum atomic E-state index is 6.49. The molecule has 0 radical (unpaired) electrons. The summed E-state index contributed by atoms with van der Waals surface area (Å²) in [6.07, 6.45) is 22.5. The van der Waals surface area contributed by atoms with Gasteiger partial charge < -0.3 is 23.7 Å². The van der Waals surface area contributed by atoms with E-state index in [2.05, 4.69) is 76.9 Å². The van der Waals surface area contributed by atoms with Crippen LogP contribution in [0.25, 0.3) is 32.3 Å². The SMILES string of the molecule is C#Cc1cc2c(cc1OCCCCC)c1cc(OCCCCC)c(OCCCCC)cc1c1cc(OCCCCC)c(OCCCCC)cc21. The molecule has 0 atom stereocenters. The summed E-state index contributed by atoms with van der Waals surface area (Å²) in [5, 5.41) is 6.44. The second kappa shape index (κ2) is 21.4. The molecule has 0 spiro atoms. The van der Waals surface area contributed by atoms with Crippen LogP contribution in [0.1, 0.15) is 136 Å². The molecule has 0 saturated heterocycles. The molecule has 0 bridgehead atoms. The predicted molar refractivity (Wildman–Crippen MR) is 212 cm³/mol. The van der Waals surface area contributed by atoms with Crippen molar-refractivity contribution in [2.24, 2.45) is 0 Å². The molecule has 4 aromatic carbocycles. The number of fused-ring (bicyclic) bond motifs is 6. The van der Waals surface area contributed by atoms with Gasteiger partial charge in [-0.3, -0.25) is 0 Å². The maximum Gasteiger partial charge on any atom is 0.161 e. The lowest BCUT2D eigenvalue weighted by molar-refractivity contribution is 0.260. The zero-order valence-corrected chi connectivity index (χ0v) is 31.7. The van der Waals surface area contributed by atoms with Crippen LogP contribution in [0.15, 0.2) is 36.4 Å². The van der Waals surface area contributed by atoms with Gasteiger partial charge in [-0.25, -0.2) is 0 Å². The number of hydrogen-bond acceptors (Lipinski definition) is 5. The van der Waals surface area contributed by atoms with E-state index in [1.807, 2.05) is 0 Å². The first-order valence-electron chi connectivity index (χ1n) is 19.8. The number of unbranched alkanes of at least 4 members (excludes halogenated alkanes) is 10. The zero-order chi connectivity index (χ0) is 35.6. The Morgan fingerprint density at radius 2 is 0.600 bits per heavy atom.